The molecule has 14 heavy (non-hydrogen) atoms. The van der Waals surface area contributed by atoms with Crippen molar-refractivity contribution in [3.8, 4) is 6.07 Å². The van der Waals surface area contributed by atoms with Crippen LogP contribution in [0.4, 0.5) is 0 Å². The molecule has 1 aromatic carbocycles. The van der Waals surface area contributed by atoms with Gasteiger partial charge in [-0.1, -0.05) is 23.7 Å². The van der Waals surface area contributed by atoms with Crippen molar-refractivity contribution in [1.82, 2.24) is 0 Å². The molecule has 1 fully saturated rings. The molecule has 0 saturated carbocycles. The SMILES string of the molecule is N#C[C@@]1(c2ccc(Cl)cc2)CCOC1. The van der Waals surface area contributed by atoms with Gasteiger partial charge in [-0.3, -0.25) is 0 Å². The summed E-state index contributed by atoms with van der Waals surface area (Å²) in [6.07, 6.45) is 0.769. The fourth-order valence-electron chi connectivity index (χ4n) is 1.71. The van der Waals surface area contributed by atoms with E-state index in [-0.39, 0.29) is 0 Å². The van der Waals surface area contributed by atoms with Crippen molar-refractivity contribution >= 4 is 11.6 Å². The molecule has 0 amide bonds. The normalized spacial score (nSPS) is 26.0. The van der Waals surface area contributed by atoms with E-state index in [0.717, 1.165) is 12.0 Å². The zero-order valence-electron chi connectivity index (χ0n) is 7.66. The van der Waals surface area contributed by atoms with Gasteiger partial charge in [-0.2, -0.15) is 5.26 Å². The van der Waals surface area contributed by atoms with Gasteiger partial charge in [-0.15, -0.1) is 0 Å². The summed E-state index contributed by atoms with van der Waals surface area (Å²) < 4.78 is 5.28. The summed E-state index contributed by atoms with van der Waals surface area (Å²) >= 11 is 5.79. The first-order chi connectivity index (χ1) is 6.77. The highest BCUT2D eigenvalue weighted by molar-refractivity contribution is 6.30. The Balaban J connectivity index is 2.37. The predicted octanol–water partition coefficient (Wildman–Crippen LogP) is 2.52. The zero-order valence-corrected chi connectivity index (χ0v) is 8.42. The van der Waals surface area contributed by atoms with Crippen molar-refractivity contribution < 1.29 is 4.74 Å². The van der Waals surface area contributed by atoms with Gasteiger partial charge in [-0.05, 0) is 24.1 Å². The summed E-state index contributed by atoms with van der Waals surface area (Å²) in [7, 11) is 0. The van der Waals surface area contributed by atoms with Gasteiger partial charge in [0.25, 0.3) is 0 Å². The van der Waals surface area contributed by atoms with Crippen LogP contribution in [-0.4, -0.2) is 13.2 Å². The van der Waals surface area contributed by atoms with Gasteiger partial charge in [0.2, 0.25) is 0 Å². The zero-order chi connectivity index (χ0) is 10.0. The summed E-state index contributed by atoms with van der Waals surface area (Å²) in [4.78, 5) is 0. The molecule has 1 atom stereocenters. The molecule has 1 heterocycles. The highest BCUT2D eigenvalue weighted by atomic mass is 35.5. The lowest BCUT2D eigenvalue weighted by molar-refractivity contribution is 0.186. The summed E-state index contributed by atoms with van der Waals surface area (Å²) in [5.41, 5.74) is 0.548. The number of hydrogen-bond donors (Lipinski definition) is 0. The number of nitrogens with zero attached hydrogens (tertiary/aromatic N) is 1. The molecule has 1 aliphatic rings. The van der Waals surface area contributed by atoms with Crippen LogP contribution in [-0.2, 0) is 10.2 Å². The Hall–Kier alpha value is -1.04. The lowest BCUT2D eigenvalue weighted by atomic mass is 9.81. The van der Waals surface area contributed by atoms with Crippen LogP contribution in [0.3, 0.4) is 0 Å². The molecule has 72 valence electrons. The summed E-state index contributed by atoms with van der Waals surface area (Å²) in [5.74, 6) is 0. The lowest BCUT2D eigenvalue weighted by Crippen LogP contribution is -2.23. The number of rotatable bonds is 1. The van der Waals surface area contributed by atoms with Crippen LogP contribution in [0.5, 0.6) is 0 Å². The predicted molar refractivity (Wildman–Crippen MR) is 54.2 cm³/mol. The second-order valence-corrected chi connectivity index (χ2v) is 3.94. The van der Waals surface area contributed by atoms with E-state index < -0.39 is 5.41 Å². The Bertz CT molecular complexity index is 360. The van der Waals surface area contributed by atoms with Crippen LogP contribution in [0.2, 0.25) is 5.02 Å². The number of ether oxygens (including phenoxy) is 1. The van der Waals surface area contributed by atoms with E-state index in [0.29, 0.717) is 18.2 Å². The fourth-order valence-corrected chi connectivity index (χ4v) is 1.84. The van der Waals surface area contributed by atoms with Crippen LogP contribution in [0.1, 0.15) is 12.0 Å². The van der Waals surface area contributed by atoms with Crippen LogP contribution in [0.25, 0.3) is 0 Å². The molecule has 1 aliphatic heterocycles. The van der Waals surface area contributed by atoms with E-state index in [1.165, 1.54) is 0 Å². The number of halogens is 1. The highest BCUT2D eigenvalue weighted by Crippen LogP contribution is 2.32. The van der Waals surface area contributed by atoms with Gasteiger partial charge in [0.05, 0.1) is 12.7 Å². The van der Waals surface area contributed by atoms with Crippen molar-refractivity contribution in [3.63, 3.8) is 0 Å². The molecular weight excluding hydrogens is 198 g/mol. The maximum Gasteiger partial charge on any atom is 0.108 e. The van der Waals surface area contributed by atoms with Crippen LogP contribution < -0.4 is 0 Å². The summed E-state index contributed by atoms with van der Waals surface area (Å²) in [5, 5.41) is 9.87. The maximum absolute atomic E-state index is 9.18. The van der Waals surface area contributed by atoms with E-state index in [2.05, 4.69) is 6.07 Å². The molecule has 0 bridgehead atoms. The molecule has 3 heteroatoms. The molecule has 2 nitrogen and oxygen atoms in total. The van der Waals surface area contributed by atoms with Crippen molar-refractivity contribution in [3.05, 3.63) is 34.9 Å². The average molecular weight is 208 g/mol. The molecule has 0 unspecified atom stereocenters. The Morgan fingerprint density at radius 3 is 2.57 bits per heavy atom. The highest BCUT2D eigenvalue weighted by Gasteiger charge is 2.36. The third-order valence-electron chi connectivity index (χ3n) is 2.63. The van der Waals surface area contributed by atoms with Crippen molar-refractivity contribution in [2.24, 2.45) is 0 Å². The molecular formula is C11H10ClNO. The third-order valence-corrected chi connectivity index (χ3v) is 2.88. The first-order valence-corrected chi connectivity index (χ1v) is 4.90. The monoisotopic (exact) mass is 207 g/mol. The van der Waals surface area contributed by atoms with Gasteiger partial charge < -0.3 is 4.74 Å². The first-order valence-electron chi connectivity index (χ1n) is 4.52. The first kappa shape index (κ1) is 9.51. The van der Waals surface area contributed by atoms with Gasteiger partial charge in [0, 0.05) is 11.6 Å². The molecule has 0 N–H and O–H groups in total. The molecule has 0 aromatic heterocycles. The number of benzene rings is 1. The minimum absolute atomic E-state index is 0.454. The molecule has 1 saturated heterocycles. The Morgan fingerprint density at radius 2 is 2.07 bits per heavy atom. The van der Waals surface area contributed by atoms with E-state index in [9.17, 15) is 5.26 Å². The Morgan fingerprint density at radius 1 is 1.36 bits per heavy atom. The minimum Gasteiger partial charge on any atom is -0.379 e. The van der Waals surface area contributed by atoms with E-state index in [4.69, 9.17) is 16.3 Å². The lowest BCUT2D eigenvalue weighted by Gasteiger charge is -2.18. The molecule has 0 radical (unpaired) electrons. The maximum atomic E-state index is 9.18. The molecule has 2 rings (SSSR count). The van der Waals surface area contributed by atoms with E-state index >= 15 is 0 Å². The van der Waals surface area contributed by atoms with Crippen molar-refractivity contribution in [1.29, 1.82) is 5.26 Å². The van der Waals surface area contributed by atoms with Crippen molar-refractivity contribution in [2.75, 3.05) is 13.2 Å². The fraction of sp³-hybridized carbons (Fsp3) is 0.364. The standard InChI is InChI=1S/C11H10ClNO/c12-10-3-1-9(2-4-10)11(7-13)5-6-14-8-11/h1-4H,5-6,8H2/t11-/m0/s1. The van der Waals surface area contributed by atoms with Crippen LogP contribution in [0, 0.1) is 11.3 Å². The second-order valence-electron chi connectivity index (χ2n) is 3.50. The van der Waals surface area contributed by atoms with Gasteiger partial charge >= 0.3 is 0 Å². The summed E-state index contributed by atoms with van der Waals surface area (Å²) in [6.45, 7) is 1.15. The molecule has 0 aliphatic carbocycles. The smallest absolute Gasteiger partial charge is 0.108 e. The quantitative estimate of drug-likeness (QED) is 0.709. The topological polar surface area (TPSA) is 33.0 Å². The summed E-state index contributed by atoms with van der Waals surface area (Å²) in [6, 6.07) is 9.78. The van der Waals surface area contributed by atoms with Gasteiger partial charge in [0.15, 0.2) is 0 Å². The number of hydrogen-bond acceptors (Lipinski definition) is 2. The third kappa shape index (κ3) is 1.50. The Labute approximate surface area is 88.1 Å². The largest absolute Gasteiger partial charge is 0.379 e. The van der Waals surface area contributed by atoms with Gasteiger partial charge in [0.1, 0.15) is 5.41 Å². The van der Waals surface area contributed by atoms with Crippen LogP contribution >= 0.6 is 11.6 Å². The van der Waals surface area contributed by atoms with Crippen molar-refractivity contribution in [2.45, 2.75) is 11.8 Å². The second kappa shape index (κ2) is 3.61. The van der Waals surface area contributed by atoms with E-state index in [1.807, 2.05) is 24.3 Å². The van der Waals surface area contributed by atoms with Crippen LogP contribution in [0.15, 0.2) is 24.3 Å². The minimum atomic E-state index is -0.454. The Kier molecular flexibility index (Phi) is 2.45. The number of nitriles is 1. The van der Waals surface area contributed by atoms with Gasteiger partial charge in [-0.25, -0.2) is 0 Å². The molecule has 1 aromatic rings. The average Bonchev–Trinajstić information content (AvgIpc) is 2.68. The van der Waals surface area contributed by atoms with E-state index in [1.54, 1.807) is 0 Å². The molecule has 0 spiro atoms.